The van der Waals surface area contributed by atoms with Crippen molar-refractivity contribution in [2.45, 2.75) is 4.90 Å². The van der Waals surface area contributed by atoms with Crippen LogP contribution in [0.15, 0.2) is 41.3 Å². The molecule has 0 saturated heterocycles. The van der Waals surface area contributed by atoms with Gasteiger partial charge in [-0.05, 0) is 43.4 Å². The number of halogens is 2. The zero-order chi connectivity index (χ0) is 17.9. The Kier molecular flexibility index (Phi) is 5.43. The van der Waals surface area contributed by atoms with E-state index in [4.69, 9.17) is 16.3 Å². The predicted octanol–water partition coefficient (Wildman–Crippen LogP) is 2.65. The van der Waals surface area contributed by atoms with Gasteiger partial charge in [0, 0.05) is 5.02 Å². The Balaban J connectivity index is 2.42. The Morgan fingerprint density at radius 3 is 2.50 bits per heavy atom. The molecular weight excluding hydrogens is 359 g/mol. The average Bonchev–Trinajstić information content (AvgIpc) is 2.56. The number of rotatable bonds is 5. The van der Waals surface area contributed by atoms with Gasteiger partial charge in [0.2, 0.25) is 10.0 Å². The summed E-state index contributed by atoms with van der Waals surface area (Å²) < 4.78 is 44.7. The van der Waals surface area contributed by atoms with Gasteiger partial charge in [0.05, 0.1) is 23.3 Å². The van der Waals surface area contributed by atoms with Crippen molar-refractivity contribution in [1.82, 2.24) is 4.72 Å². The molecular formula is C15H14ClFN2O4S. The Hall–Kier alpha value is -2.16. The van der Waals surface area contributed by atoms with Crippen LogP contribution in [-0.2, 0) is 10.0 Å². The highest BCUT2D eigenvalue weighted by atomic mass is 35.5. The summed E-state index contributed by atoms with van der Waals surface area (Å²) in [6.45, 7) is 0. The van der Waals surface area contributed by atoms with Crippen LogP contribution in [0.1, 0.15) is 10.4 Å². The topological polar surface area (TPSA) is 84.5 Å². The molecule has 24 heavy (non-hydrogen) atoms. The van der Waals surface area contributed by atoms with Crippen LogP contribution in [0.3, 0.4) is 0 Å². The molecule has 0 heterocycles. The lowest BCUT2D eigenvalue weighted by atomic mass is 10.1. The van der Waals surface area contributed by atoms with E-state index in [9.17, 15) is 17.6 Å². The maximum atomic E-state index is 13.8. The molecule has 0 aliphatic carbocycles. The van der Waals surface area contributed by atoms with E-state index in [1.54, 1.807) is 0 Å². The van der Waals surface area contributed by atoms with Gasteiger partial charge in [-0.1, -0.05) is 11.6 Å². The van der Waals surface area contributed by atoms with E-state index < -0.39 is 21.7 Å². The Morgan fingerprint density at radius 2 is 1.92 bits per heavy atom. The summed E-state index contributed by atoms with van der Waals surface area (Å²) in [5.41, 5.74) is -0.142. The summed E-state index contributed by atoms with van der Waals surface area (Å²) in [7, 11) is -1.16. The van der Waals surface area contributed by atoms with Gasteiger partial charge in [-0.15, -0.1) is 0 Å². The molecule has 1 amide bonds. The van der Waals surface area contributed by atoms with E-state index in [1.807, 2.05) is 0 Å². The van der Waals surface area contributed by atoms with Gasteiger partial charge in [-0.2, -0.15) is 0 Å². The lowest BCUT2D eigenvalue weighted by molar-refractivity contribution is 0.102. The number of ether oxygens (including phenoxy) is 1. The number of hydrogen-bond acceptors (Lipinski definition) is 4. The number of sulfonamides is 1. The monoisotopic (exact) mass is 372 g/mol. The number of hydrogen-bond donors (Lipinski definition) is 2. The van der Waals surface area contributed by atoms with Crippen LogP contribution in [0.25, 0.3) is 0 Å². The molecule has 0 unspecified atom stereocenters. The number of nitrogens with one attached hydrogen (secondary N) is 2. The first-order valence-corrected chi connectivity index (χ1v) is 8.52. The summed E-state index contributed by atoms with van der Waals surface area (Å²) in [6, 6.07) is 7.56. The molecule has 2 N–H and O–H groups in total. The van der Waals surface area contributed by atoms with Crippen molar-refractivity contribution in [1.29, 1.82) is 0 Å². The minimum atomic E-state index is -3.74. The third-order valence-corrected chi connectivity index (χ3v) is 4.82. The van der Waals surface area contributed by atoms with Gasteiger partial charge in [0.25, 0.3) is 5.91 Å². The smallest absolute Gasteiger partial charge is 0.259 e. The quantitative estimate of drug-likeness (QED) is 0.845. The second-order valence-electron chi connectivity index (χ2n) is 4.65. The fraction of sp³-hybridized carbons (Fsp3) is 0.133. The van der Waals surface area contributed by atoms with Crippen molar-refractivity contribution in [2.24, 2.45) is 0 Å². The van der Waals surface area contributed by atoms with Gasteiger partial charge in [-0.25, -0.2) is 17.5 Å². The first kappa shape index (κ1) is 18.2. The van der Waals surface area contributed by atoms with Crippen molar-refractivity contribution in [3.8, 4) is 5.75 Å². The van der Waals surface area contributed by atoms with Crippen LogP contribution in [-0.4, -0.2) is 28.5 Å². The molecule has 0 aliphatic heterocycles. The molecule has 9 heteroatoms. The molecule has 0 saturated carbocycles. The van der Waals surface area contributed by atoms with Crippen LogP contribution in [0.5, 0.6) is 5.75 Å². The van der Waals surface area contributed by atoms with Crippen molar-refractivity contribution >= 4 is 33.2 Å². The normalized spacial score (nSPS) is 11.2. The molecule has 128 valence electrons. The second kappa shape index (κ2) is 7.16. The zero-order valence-corrected chi connectivity index (χ0v) is 14.3. The van der Waals surface area contributed by atoms with Crippen LogP contribution in [0.4, 0.5) is 10.1 Å². The molecule has 0 aliphatic rings. The highest BCUT2D eigenvalue weighted by Crippen LogP contribution is 2.25. The molecule has 0 bridgehead atoms. The number of methoxy groups -OCH3 is 1. The largest absolute Gasteiger partial charge is 0.496 e. The van der Waals surface area contributed by atoms with Crippen LogP contribution in [0, 0.1) is 5.82 Å². The van der Waals surface area contributed by atoms with Crippen molar-refractivity contribution in [3.63, 3.8) is 0 Å². The fourth-order valence-corrected chi connectivity index (χ4v) is 2.84. The molecule has 2 aromatic rings. The molecule has 6 nitrogen and oxygen atoms in total. The van der Waals surface area contributed by atoms with Crippen LogP contribution in [0.2, 0.25) is 5.02 Å². The number of benzene rings is 2. The lowest BCUT2D eigenvalue weighted by Gasteiger charge is -2.12. The third-order valence-electron chi connectivity index (χ3n) is 3.17. The molecule has 2 aromatic carbocycles. The van der Waals surface area contributed by atoms with Gasteiger partial charge < -0.3 is 10.1 Å². The number of anilines is 1. The fourth-order valence-electron chi connectivity index (χ4n) is 1.93. The van der Waals surface area contributed by atoms with Crippen LogP contribution >= 0.6 is 11.6 Å². The predicted molar refractivity (Wildman–Crippen MR) is 88.6 cm³/mol. The first-order valence-electron chi connectivity index (χ1n) is 6.66. The standard InChI is InChI=1S/C15H14ClFN2O4S/c1-18-24(21,22)10-4-6-14(23-2)11(8-10)15(20)19-13-5-3-9(16)7-12(13)17/h3-8,18H,1-2H3,(H,19,20). The zero-order valence-electron chi connectivity index (χ0n) is 12.8. The van der Waals surface area contributed by atoms with E-state index in [2.05, 4.69) is 10.0 Å². The first-order chi connectivity index (χ1) is 11.3. The van der Waals surface area contributed by atoms with Crippen molar-refractivity contribution in [3.05, 3.63) is 52.8 Å². The van der Waals surface area contributed by atoms with E-state index in [-0.39, 0.29) is 26.9 Å². The van der Waals surface area contributed by atoms with Crippen molar-refractivity contribution in [2.75, 3.05) is 19.5 Å². The van der Waals surface area contributed by atoms with E-state index >= 15 is 0 Å². The Morgan fingerprint density at radius 1 is 1.21 bits per heavy atom. The number of carbonyl (C=O) groups excluding carboxylic acids is 1. The summed E-state index contributed by atoms with van der Waals surface area (Å²) >= 11 is 5.66. The lowest BCUT2D eigenvalue weighted by Crippen LogP contribution is -2.20. The molecule has 0 spiro atoms. The highest BCUT2D eigenvalue weighted by Gasteiger charge is 2.19. The molecule has 0 atom stereocenters. The molecule has 0 aromatic heterocycles. The van der Waals surface area contributed by atoms with Gasteiger partial charge in [-0.3, -0.25) is 4.79 Å². The average molecular weight is 373 g/mol. The van der Waals surface area contributed by atoms with Gasteiger partial charge >= 0.3 is 0 Å². The van der Waals surface area contributed by atoms with Gasteiger partial charge in [0.1, 0.15) is 11.6 Å². The third kappa shape index (κ3) is 3.84. The van der Waals surface area contributed by atoms with Crippen LogP contribution < -0.4 is 14.8 Å². The highest BCUT2D eigenvalue weighted by molar-refractivity contribution is 7.89. The minimum absolute atomic E-state index is 0.0526. The van der Waals surface area contributed by atoms with E-state index in [0.29, 0.717) is 0 Å². The Labute approximate surface area is 143 Å². The Bertz CT molecular complexity index is 887. The summed E-state index contributed by atoms with van der Waals surface area (Å²) in [5.74, 6) is -1.29. The maximum Gasteiger partial charge on any atom is 0.259 e. The number of amides is 1. The molecule has 2 rings (SSSR count). The summed E-state index contributed by atoms with van der Waals surface area (Å²) in [5, 5.41) is 2.54. The minimum Gasteiger partial charge on any atom is -0.496 e. The van der Waals surface area contributed by atoms with Gasteiger partial charge in [0.15, 0.2) is 0 Å². The summed E-state index contributed by atoms with van der Waals surface area (Å²) in [6.07, 6.45) is 0. The maximum absolute atomic E-state index is 13.8. The molecule has 0 radical (unpaired) electrons. The van der Waals surface area contributed by atoms with Crippen molar-refractivity contribution < 1.29 is 22.3 Å². The second-order valence-corrected chi connectivity index (χ2v) is 6.97. The molecule has 0 fully saturated rings. The van der Waals surface area contributed by atoms with E-state index in [1.165, 1.54) is 38.4 Å². The number of carbonyl (C=O) groups is 1. The van der Waals surface area contributed by atoms with E-state index in [0.717, 1.165) is 12.1 Å². The summed E-state index contributed by atoms with van der Waals surface area (Å²) in [4.78, 5) is 12.3. The SMILES string of the molecule is CNS(=O)(=O)c1ccc(OC)c(C(=O)Nc2ccc(Cl)cc2F)c1.